The van der Waals surface area contributed by atoms with E-state index in [9.17, 15) is 0 Å². The van der Waals surface area contributed by atoms with E-state index in [1.807, 2.05) is 0 Å². The highest BCUT2D eigenvalue weighted by Gasteiger charge is 1.97. The Morgan fingerprint density at radius 1 is 0.706 bits per heavy atom. The van der Waals surface area contributed by atoms with E-state index in [2.05, 4.69) is 55.5 Å². The Morgan fingerprint density at radius 2 is 1.12 bits per heavy atom. The van der Waals surface area contributed by atoms with Gasteiger partial charge in [0.05, 0.1) is 0 Å². The molecule has 1 nitrogen and oxygen atoms in total. The van der Waals surface area contributed by atoms with Gasteiger partial charge in [0.25, 0.3) is 0 Å². The quantitative estimate of drug-likeness (QED) is 0.849. The van der Waals surface area contributed by atoms with Gasteiger partial charge in [0.2, 0.25) is 0 Å². The van der Waals surface area contributed by atoms with Gasteiger partial charge in [0, 0.05) is 6.54 Å². The van der Waals surface area contributed by atoms with Crippen LogP contribution < -0.4 is 5.73 Å². The van der Waals surface area contributed by atoms with Gasteiger partial charge in [-0.05, 0) is 35.1 Å². The highest BCUT2D eigenvalue weighted by Crippen LogP contribution is 2.12. The standard InChI is InChI=1S/C16H19N/c1-2-13-3-5-14(6-4-13)11-15-7-9-16(12-17)10-8-15/h3-10H,2,11-12,17H2,1H3. The predicted molar refractivity (Wildman–Crippen MR) is 73.0 cm³/mol. The van der Waals surface area contributed by atoms with Crippen LogP contribution in [0.2, 0.25) is 0 Å². The summed E-state index contributed by atoms with van der Waals surface area (Å²) in [7, 11) is 0. The molecule has 88 valence electrons. The molecule has 17 heavy (non-hydrogen) atoms. The first-order chi connectivity index (χ1) is 8.31. The van der Waals surface area contributed by atoms with E-state index in [0.717, 1.165) is 12.8 Å². The van der Waals surface area contributed by atoms with E-state index in [-0.39, 0.29) is 0 Å². The van der Waals surface area contributed by atoms with Gasteiger partial charge >= 0.3 is 0 Å². The maximum atomic E-state index is 5.58. The first-order valence-corrected chi connectivity index (χ1v) is 6.17. The van der Waals surface area contributed by atoms with Crippen LogP contribution in [0.25, 0.3) is 0 Å². The lowest BCUT2D eigenvalue weighted by molar-refractivity contribution is 1.06. The molecule has 0 aliphatic rings. The summed E-state index contributed by atoms with van der Waals surface area (Å²) in [5.41, 5.74) is 10.9. The monoisotopic (exact) mass is 225 g/mol. The smallest absolute Gasteiger partial charge is 0.0178 e. The van der Waals surface area contributed by atoms with Gasteiger partial charge in [-0.2, -0.15) is 0 Å². The molecule has 1 heteroatoms. The highest BCUT2D eigenvalue weighted by molar-refractivity contribution is 5.30. The number of hydrogen-bond donors (Lipinski definition) is 1. The number of aryl methyl sites for hydroxylation is 1. The maximum Gasteiger partial charge on any atom is 0.0178 e. The Hall–Kier alpha value is -1.60. The fraction of sp³-hybridized carbons (Fsp3) is 0.250. The van der Waals surface area contributed by atoms with Crippen LogP contribution in [0, 0.1) is 0 Å². The second kappa shape index (κ2) is 5.65. The minimum atomic E-state index is 0.617. The first kappa shape index (κ1) is 11.9. The molecule has 0 amide bonds. The highest BCUT2D eigenvalue weighted by atomic mass is 14.5. The summed E-state index contributed by atoms with van der Waals surface area (Å²) in [4.78, 5) is 0. The molecule has 0 unspecified atom stereocenters. The summed E-state index contributed by atoms with van der Waals surface area (Å²) < 4.78 is 0. The summed E-state index contributed by atoms with van der Waals surface area (Å²) in [5, 5.41) is 0. The fourth-order valence-electron chi connectivity index (χ4n) is 1.92. The van der Waals surface area contributed by atoms with Crippen LogP contribution in [0.3, 0.4) is 0 Å². The molecule has 0 saturated heterocycles. The van der Waals surface area contributed by atoms with Gasteiger partial charge in [-0.1, -0.05) is 55.5 Å². The molecule has 0 saturated carbocycles. The van der Waals surface area contributed by atoms with Gasteiger partial charge < -0.3 is 5.73 Å². The van der Waals surface area contributed by atoms with Crippen molar-refractivity contribution in [1.29, 1.82) is 0 Å². The third-order valence-corrected chi connectivity index (χ3v) is 3.10. The molecule has 0 aliphatic carbocycles. The molecule has 0 fully saturated rings. The molecule has 2 aromatic carbocycles. The Kier molecular flexibility index (Phi) is 3.94. The van der Waals surface area contributed by atoms with E-state index in [0.29, 0.717) is 6.54 Å². The second-order valence-electron chi connectivity index (χ2n) is 4.37. The van der Waals surface area contributed by atoms with Crippen LogP contribution in [0.15, 0.2) is 48.5 Å². The summed E-state index contributed by atoms with van der Waals surface area (Å²) >= 11 is 0. The largest absolute Gasteiger partial charge is 0.326 e. The molecule has 0 spiro atoms. The lowest BCUT2D eigenvalue weighted by Gasteiger charge is -2.04. The first-order valence-electron chi connectivity index (χ1n) is 6.17. The van der Waals surface area contributed by atoms with Crippen LogP contribution in [0.1, 0.15) is 29.2 Å². The Bertz CT molecular complexity index is 408. The number of rotatable bonds is 4. The van der Waals surface area contributed by atoms with E-state index in [1.165, 1.54) is 22.3 Å². The predicted octanol–water partition coefficient (Wildman–Crippen LogP) is 3.30. The van der Waals surface area contributed by atoms with Crippen molar-refractivity contribution < 1.29 is 0 Å². The zero-order chi connectivity index (χ0) is 12.1. The lowest BCUT2D eigenvalue weighted by atomic mass is 10.0. The Balaban J connectivity index is 2.08. The molecular formula is C16H19N. The van der Waals surface area contributed by atoms with Crippen molar-refractivity contribution >= 4 is 0 Å². The van der Waals surface area contributed by atoms with Crippen LogP contribution in [0.5, 0.6) is 0 Å². The third kappa shape index (κ3) is 3.18. The molecule has 0 aromatic heterocycles. The van der Waals surface area contributed by atoms with Crippen LogP contribution in [-0.4, -0.2) is 0 Å². The normalized spacial score (nSPS) is 10.5. The second-order valence-corrected chi connectivity index (χ2v) is 4.37. The van der Waals surface area contributed by atoms with Crippen molar-refractivity contribution in [3.05, 3.63) is 70.8 Å². The van der Waals surface area contributed by atoms with E-state index >= 15 is 0 Å². The van der Waals surface area contributed by atoms with Gasteiger partial charge in [0.15, 0.2) is 0 Å². The zero-order valence-electron chi connectivity index (χ0n) is 10.3. The average Bonchev–Trinajstić information content (AvgIpc) is 2.40. The van der Waals surface area contributed by atoms with Gasteiger partial charge in [0.1, 0.15) is 0 Å². The summed E-state index contributed by atoms with van der Waals surface area (Å²) in [6, 6.07) is 17.4. The fourth-order valence-corrected chi connectivity index (χ4v) is 1.92. The van der Waals surface area contributed by atoms with Crippen LogP contribution in [-0.2, 0) is 19.4 Å². The van der Waals surface area contributed by atoms with Gasteiger partial charge in [-0.3, -0.25) is 0 Å². The van der Waals surface area contributed by atoms with E-state index in [4.69, 9.17) is 5.73 Å². The van der Waals surface area contributed by atoms with E-state index in [1.54, 1.807) is 0 Å². The van der Waals surface area contributed by atoms with Crippen molar-refractivity contribution in [2.75, 3.05) is 0 Å². The molecule has 2 N–H and O–H groups in total. The van der Waals surface area contributed by atoms with Crippen molar-refractivity contribution in [3.8, 4) is 0 Å². The number of benzene rings is 2. The molecule has 2 aromatic rings. The topological polar surface area (TPSA) is 26.0 Å². The van der Waals surface area contributed by atoms with Gasteiger partial charge in [-0.25, -0.2) is 0 Å². The molecule has 0 heterocycles. The summed E-state index contributed by atoms with van der Waals surface area (Å²) in [6.45, 7) is 2.80. The number of nitrogens with two attached hydrogens (primary N) is 1. The molecule has 0 atom stereocenters. The molecule has 2 rings (SSSR count). The summed E-state index contributed by atoms with van der Waals surface area (Å²) in [5.74, 6) is 0. The lowest BCUT2D eigenvalue weighted by Crippen LogP contribution is -1.96. The zero-order valence-corrected chi connectivity index (χ0v) is 10.3. The van der Waals surface area contributed by atoms with Crippen molar-refractivity contribution in [1.82, 2.24) is 0 Å². The molecular weight excluding hydrogens is 206 g/mol. The average molecular weight is 225 g/mol. The van der Waals surface area contributed by atoms with Crippen LogP contribution >= 0.6 is 0 Å². The van der Waals surface area contributed by atoms with E-state index < -0.39 is 0 Å². The third-order valence-electron chi connectivity index (χ3n) is 3.10. The van der Waals surface area contributed by atoms with Gasteiger partial charge in [-0.15, -0.1) is 0 Å². The van der Waals surface area contributed by atoms with Crippen molar-refractivity contribution in [3.63, 3.8) is 0 Å². The molecule has 0 bridgehead atoms. The summed E-state index contributed by atoms with van der Waals surface area (Å²) in [6.07, 6.45) is 2.10. The Labute approximate surface area is 103 Å². The molecule has 0 radical (unpaired) electrons. The SMILES string of the molecule is CCc1ccc(Cc2ccc(CN)cc2)cc1. The minimum Gasteiger partial charge on any atom is -0.326 e. The van der Waals surface area contributed by atoms with Crippen LogP contribution in [0.4, 0.5) is 0 Å². The minimum absolute atomic E-state index is 0.617. The Morgan fingerprint density at radius 3 is 1.53 bits per heavy atom. The number of hydrogen-bond acceptors (Lipinski definition) is 1. The maximum absolute atomic E-state index is 5.58. The van der Waals surface area contributed by atoms with Crippen molar-refractivity contribution in [2.45, 2.75) is 26.3 Å². The molecule has 0 aliphatic heterocycles. The van der Waals surface area contributed by atoms with Crippen molar-refractivity contribution in [2.24, 2.45) is 5.73 Å².